The van der Waals surface area contributed by atoms with Gasteiger partial charge in [0, 0.05) is 31.5 Å². The highest BCUT2D eigenvalue weighted by Gasteiger charge is 2.50. The topological polar surface area (TPSA) is 58.9 Å². The smallest absolute Gasteiger partial charge is 0.255 e. The van der Waals surface area contributed by atoms with Crippen LogP contribution in [0.5, 0.6) is 0 Å². The first-order chi connectivity index (χ1) is 14.4. The van der Waals surface area contributed by atoms with Crippen LogP contribution in [0, 0.1) is 33.1 Å². The molecule has 2 aliphatic rings. The number of likely N-dealkylation sites (tertiary alicyclic amines) is 1. The van der Waals surface area contributed by atoms with Gasteiger partial charge in [-0.15, -0.1) is 0 Å². The number of imidazole rings is 1. The van der Waals surface area contributed by atoms with Crippen LogP contribution in [0.2, 0.25) is 0 Å². The number of fused-ring (bicyclic) bond motifs is 1. The number of benzene rings is 1. The van der Waals surface area contributed by atoms with Crippen molar-refractivity contribution in [1.82, 2.24) is 14.3 Å². The number of nitrogens with one attached hydrogen (secondary N) is 1. The fourth-order valence-electron chi connectivity index (χ4n) is 4.59. The molecule has 3 aromatic rings. The lowest BCUT2D eigenvalue weighted by Gasteiger charge is -2.54. The van der Waals surface area contributed by atoms with E-state index in [4.69, 9.17) is 9.72 Å². The minimum atomic E-state index is 0.0790. The van der Waals surface area contributed by atoms with E-state index in [1.165, 1.54) is 16.7 Å². The molecule has 5 rings (SSSR count). The molecule has 6 nitrogen and oxygen atoms in total. The number of rotatable bonds is 4. The highest BCUT2D eigenvalue weighted by molar-refractivity contribution is 5.96. The van der Waals surface area contributed by atoms with Gasteiger partial charge in [0.05, 0.1) is 35.6 Å². The van der Waals surface area contributed by atoms with Crippen LogP contribution in [0.25, 0.3) is 5.65 Å². The van der Waals surface area contributed by atoms with Gasteiger partial charge in [0.25, 0.3) is 5.91 Å². The fraction of sp³-hybridized carbons (Fsp3) is 0.417. The molecule has 4 heterocycles. The molecule has 0 aliphatic carbocycles. The van der Waals surface area contributed by atoms with Gasteiger partial charge in [0.2, 0.25) is 0 Å². The molecular formula is C24H28N4O2. The molecule has 2 aromatic heterocycles. The number of aromatic nitrogens is 2. The second kappa shape index (κ2) is 6.84. The van der Waals surface area contributed by atoms with Crippen LogP contribution in [0.3, 0.4) is 0 Å². The minimum absolute atomic E-state index is 0.0790. The lowest BCUT2D eigenvalue weighted by molar-refractivity contribution is -0.176. The van der Waals surface area contributed by atoms with E-state index < -0.39 is 0 Å². The fourth-order valence-corrected chi connectivity index (χ4v) is 4.59. The number of hydrogen-bond donors (Lipinski definition) is 1. The first-order valence-corrected chi connectivity index (χ1v) is 10.5. The largest absolute Gasteiger partial charge is 0.380 e. The highest BCUT2D eigenvalue weighted by Crippen LogP contribution is 2.38. The van der Waals surface area contributed by atoms with E-state index in [-0.39, 0.29) is 11.3 Å². The summed E-state index contributed by atoms with van der Waals surface area (Å²) < 4.78 is 7.38. The van der Waals surface area contributed by atoms with Crippen LogP contribution in [0.4, 0.5) is 5.69 Å². The molecule has 1 aromatic carbocycles. The third-order valence-electron chi connectivity index (χ3n) is 6.70. The summed E-state index contributed by atoms with van der Waals surface area (Å²) in [6.07, 6.45) is 1.93. The monoisotopic (exact) mass is 404 g/mol. The lowest BCUT2D eigenvalue weighted by atomic mass is 9.78. The maximum absolute atomic E-state index is 13.2. The van der Waals surface area contributed by atoms with Crippen molar-refractivity contribution in [2.75, 3.05) is 31.6 Å². The maximum Gasteiger partial charge on any atom is 0.255 e. The zero-order chi connectivity index (χ0) is 21.0. The van der Waals surface area contributed by atoms with Crippen LogP contribution in [-0.4, -0.2) is 46.5 Å². The molecule has 2 aliphatic heterocycles. The molecule has 0 atom stereocenters. The quantitative estimate of drug-likeness (QED) is 0.721. The van der Waals surface area contributed by atoms with Crippen LogP contribution in [0.15, 0.2) is 30.5 Å². The number of carbonyl (C=O) groups is 1. The number of anilines is 1. The third-order valence-corrected chi connectivity index (χ3v) is 6.70. The van der Waals surface area contributed by atoms with Gasteiger partial charge in [-0.25, -0.2) is 4.98 Å². The summed E-state index contributed by atoms with van der Waals surface area (Å²) in [5.74, 6) is 0.0790. The van der Waals surface area contributed by atoms with E-state index in [0.717, 1.165) is 49.0 Å². The molecule has 2 saturated heterocycles. The van der Waals surface area contributed by atoms with E-state index in [0.29, 0.717) is 12.1 Å². The van der Waals surface area contributed by atoms with Crippen molar-refractivity contribution in [3.8, 4) is 0 Å². The van der Waals surface area contributed by atoms with Gasteiger partial charge in [0.1, 0.15) is 0 Å². The molecule has 156 valence electrons. The number of nitrogens with zero attached hydrogens (tertiary/aromatic N) is 3. The standard InChI is InChI=1S/C24H28N4O2/c1-15-6-5-7-16(2)20(15)9-25-21-8-19(10-28-18(4)17(3)26-22(21)28)23(29)27-11-24(12-27)13-30-14-24/h5-8,10,25H,9,11-14H2,1-4H3. The highest BCUT2D eigenvalue weighted by atomic mass is 16.5. The molecule has 1 amide bonds. The van der Waals surface area contributed by atoms with Gasteiger partial charge in [-0.3, -0.25) is 4.79 Å². The van der Waals surface area contributed by atoms with E-state index in [1.807, 2.05) is 35.4 Å². The summed E-state index contributed by atoms with van der Waals surface area (Å²) in [5, 5.41) is 3.56. The molecule has 2 fully saturated rings. The van der Waals surface area contributed by atoms with E-state index in [1.54, 1.807) is 0 Å². The van der Waals surface area contributed by atoms with Gasteiger partial charge in [-0.2, -0.15) is 0 Å². The van der Waals surface area contributed by atoms with Gasteiger partial charge in [-0.05, 0) is 50.5 Å². The zero-order valence-corrected chi connectivity index (χ0v) is 18.1. The first-order valence-electron chi connectivity index (χ1n) is 10.5. The summed E-state index contributed by atoms with van der Waals surface area (Å²) in [7, 11) is 0. The predicted octanol–water partition coefficient (Wildman–Crippen LogP) is 3.65. The second-order valence-electron chi connectivity index (χ2n) is 9.00. The van der Waals surface area contributed by atoms with Crippen molar-refractivity contribution in [2.45, 2.75) is 34.2 Å². The predicted molar refractivity (Wildman–Crippen MR) is 117 cm³/mol. The summed E-state index contributed by atoms with van der Waals surface area (Å²) in [4.78, 5) is 19.9. The summed E-state index contributed by atoms with van der Waals surface area (Å²) in [5.41, 5.74) is 8.49. The van der Waals surface area contributed by atoms with E-state index >= 15 is 0 Å². The number of pyridine rings is 1. The van der Waals surface area contributed by atoms with Crippen molar-refractivity contribution in [2.24, 2.45) is 5.41 Å². The van der Waals surface area contributed by atoms with Gasteiger partial charge in [0.15, 0.2) is 5.65 Å². The van der Waals surface area contributed by atoms with Crippen LogP contribution in [0.1, 0.15) is 38.4 Å². The molecule has 30 heavy (non-hydrogen) atoms. The molecule has 0 bridgehead atoms. The third kappa shape index (κ3) is 2.98. The number of hydrogen-bond acceptors (Lipinski definition) is 4. The second-order valence-corrected chi connectivity index (χ2v) is 9.00. The Hall–Kier alpha value is -2.86. The van der Waals surface area contributed by atoms with Crippen molar-refractivity contribution in [1.29, 1.82) is 0 Å². The molecule has 0 saturated carbocycles. The first kappa shape index (κ1) is 19.1. The van der Waals surface area contributed by atoms with Crippen LogP contribution >= 0.6 is 0 Å². The molecule has 0 radical (unpaired) electrons. The SMILES string of the molecule is Cc1cccc(C)c1CNc1cc(C(=O)N2CC3(COC3)C2)cn2c(C)c(C)nc12. The van der Waals surface area contributed by atoms with Crippen LogP contribution in [-0.2, 0) is 11.3 Å². The van der Waals surface area contributed by atoms with Gasteiger partial charge < -0.3 is 19.4 Å². The Balaban J connectivity index is 1.47. The molecular weight excluding hydrogens is 376 g/mol. The average molecular weight is 405 g/mol. The number of aryl methyl sites for hydroxylation is 4. The van der Waals surface area contributed by atoms with Crippen LogP contribution < -0.4 is 5.32 Å². The molecule has 1 spiro atoms. The Morgan fingerprint density at radius 1 is 1.17 bits per heavy atom. The van der Waals surface area contributed by atoms with Crippen molar-refractivity contribution < 1.29 is 9.53 Å². The van der Waals surface area contributed by atoms with Gasteiger partial charge >= 0.3 is 0 Å². The Morgan fingerprint density at radius 3 is 2.50 bits per heavy atom. The summed E-state index contributed by atoms with van der Waals surface area (Å²) in [6.45, 7) is 12.1. The van der Waals surface area contributed by atoms with E-state index in [9.17, 15) is 4.79 Å². The lowest BCUT2D eigenvalue weighted by Crippen LogP contribution is -2.67. The minimum Gasteiger partial charge on any atom is -0.380 e. The molecule has 1 N–H and O–H groups in total. The summed E-state index contributed by atoms with van der Waals surface area (Å²) >= 11 is 0. The number of ether oxygens (including phenoxy) is 1. The normalized spacial score (nSPS) is 17.1. The molecule has 6 heteroatoms. The van der Waals surface area contributed by atoms with Crippen molar-refractivity contribution in [3.05, 3.63) is 64.1 Å². The Morgan fingerprint density at radius 2 is 1.87 bits per heavy atom. The Kier molecular flexibility index (Phi) is 4.36. The maximum atomic E-state index is 13.2. The summed E-state index contributed by atoms with van der Waals surface area (Å²) in [6, 6.07) is 8.31. The van der Waals surface area contributed by atoms with E-state index in [2.05, 4.69) is 37.4 Å². The van der Waals surface area contributed by atoms with Crippen molar-refractivity contribution >= 4 is 17.2 Å². The number of carbonyl (C=O) groups excluding carboxylic acids is 1. The van der Waals surface area contributed by atoms with Crippen molar-refractivity contribution in [3.63, 3.8) is 0 Å². The zero-order valence-electron chi connectivity index (χ0n) is 18.1. The number of amides is 1. The molecule has 0 unspecified atom stereocenters. The average Bonchev–Trinajstić information content (AvgIpc) is 2.93. The Bertz CT molecular complexity index is 1130. The van der Waals surface area contributed by atoms with Gasteiger partial charge in [-0.1, -0.05) is 18.2 Å². The Labute approximate surface area is 176 Å².